The van der Waals surface area contributed by atoms with Crippen LogP contribution in [0, 0.1) is 19.8 Å². The monoisotopic (exact) mass is 444 g/mol. The number of piperidine rings is 1. The first kappa shape index (κ1) is 20.6. The van der Waals surface area contributed by atoms with Gasteiger partial charge in [-0.15, -0.1) is 10.2 Å². The Balaban J connectivity index is 1.45. The number of hydrogen-bond acceptors (Lipinski definition) is 5. The smallest absolute Gasteiger partial charge is 0.229 e. The SMILES string of the molecule is Cc1cc(C)n(-c2ccc(N3CCCC(C(=O)Nc4cccc(Cl)c4Cl)C3)nn2)n1. The molecule has 1 atom stereocenters. The lowest BCUT2D eigenvalue weighted by Gasteiger charge is -2.32. The van der Waals surface area contributed by atoms with Crippen LogP contribution in [0.1, 0.15) is 24.2 Å². The maximum atomic E-state index is 12.8. The standard InChI is InChI=1S/C21H22Cl2N6O/c1-13-11-14(2)29(27-13)19-9-8-18(25-26-19)28-10-4-5-15(12-28)21(30)24-17-7-3-6-16(22)20(17)23/h3,6-9,11,15H,4-5,10,12H2,1-2H3,(H,24,30). The number of carbonyl (C=O) groups is 1. The fourth-order valence-electron chi connectivity index (χ4n) is 3.70. The predicted molar refractivity (Wildman–Crippen MR) is 119 cm³/mol. The van der Waals surface area contributed by atoms with Crippen LogP contribution in [0.4, 0.5) is 11.5 Å². The molecule has 0 aliphatic carbocycles. The van der Waals surface area contributed by atoms with E-state index in [1.807, 2.05) is 32.0 Å². The maximum Gasteiger partial charge on any atom is 0.229 e. The van der Waals surface area contributed by atoms with Crippen molar-refractivity contribution in [3.05, 3.63) is 57.8 Å². The highest BCUT2D eigenvalue weighted by Gasteiger charge is 2.27. The van der Waals surface area contributed by atoms with E-state index in [0.717, 1.165) is 36.6 Å². The number of aryl methyl sites for hydroxylation is 2. The quantitative estimate of drug-likeness (QED) is 0.643. The molecule has 1 N–H and O–H groups in total. The summed E-state index contributed by atoms with van der Waals surface area (Å²) in [4.78, 5) is 14.9. The molecule has 0 bridgehead atoms. The molecule has 3 aromatic rings. The van der Waals surface area contributed by atoms with Crippen LogP contribution in [0.2, 0.25) is 10.0 Å². The lowest BCUT2D eigenvalue weighted by atomic mass is 9.97. The summed E-state index contributed by atoms with van der Waals surface area (Å²) in [6.07, 6.45) is 1.69. The molecule has 1 unspecified atom stereocenters. The number of carbonyl (C=O) groups excluding carboxylic acids is 1. The minimum atomic E-state index is -0.175. The van der Waals surface area contributed by atoms with Gasteiger partial charge in [0.2, 0.25) is 5.91 Å². The Hall–Kier alpha value is -2.64. The molecule has 4 rings (SSSR count). The van der Waals surface area contributed by atoms with Crippen LogP contribution in [-0.4, -0.2) is 39.0 Å². The molecule has 30 heavy (non-hydrogen) atoms. The highest BCUT2D eigenvalue weighted by Crippen LogP contribution is 2.30. The number of amides is 1. The highest BCUT2D eigenvalue weighted by molar-refractivity contribution is 6.44. The van der Waals surface area contributed by atoms with Crippen molar-refractivity contribution < 1.29 is 4.79 Å². The van der Waals surface area contributed by atoms with Crippen molar-refractivity contribution in [3.63, 3.8) is 0 Å². The van der Waals surface area contributed by atoms with E-state index >= 15 is 0 Å². The van der Waals surface area contributed by atoms with Crippen LogP contribution in [-0.2, 0) is 4.79 Å². The Morgan fingerprint density at radius 3 is 2.60 bits per heavy atom. The zero-order valence-corrected chi connectivity index (χ0v) is 18.3. The second kappa shape index (κ2) is 8.62. The first-order valence-corrected chi connectivity index (χ1v) is 10.5. The van der Waals surface area contributed by atoms with E-state index in [4.69, 9.17) is 23.2 Å². The average Bonchev–Trinajstić information content (AvgIpc) is 3.09. The number of nitrogens with one attached hydrogen (secondary N) is 1. The van der Waals surface area contributed by atoms with Crippen molar-refractivity contribution in [1.29, 1.82) is 0 Å². The molecule has 0 saturated carbocycles. The molecule has 1 fully saturated rings. The van der Waals surface area contributed by atoms with Gasteiger partial charge >= 0.3 is 0 Å². The average molecular weight is 445 g/mol. The molecular weight excluding hydrogens is 423 g/mol. The molecule has 0 radical (unpaired) electrons. The highest BCUT2D eigenvalue weighted by atomic mass is 35.5. The Morgan fingerprint density at radius 1 is 1.13 bits per heavy atom. The lowest BCUT2D eigenvalue weighted by molar-refractivity contribution is -0.120. The van der Waals surface area contributed by atoms with E-state index in [9.17, 15) is 4.79 Å². The van der Waals surface area contributed by atoms with E-state index in [2.05, 4.69) is 25.5 Å². The first-order valence-electron chi connectivity index (χ1n) is 9.79. The molecule has 1 aromatic carbocycles. The maximum absolute atomic E-state index is 12.8. The van der Waals surface area contributed by atoms with E-state index in [1.54, 1.807) is 22.9 Å². The second-order valence-electron chi connectivity index (χ2n) is 7.46. The molecule has 1 amide bonds. The van der Waals surface area contributed by atoms with Crippen LogP contribution in [0.3, 0.4) is 0 Å². The van der Waals surface area contributed by atoms with Gasteiger partial charge in [-0.1, -0.05) is 29.3 Å². The Kier molecular flexibility index (Phi) is 5.92. The summed E-state index contributed by atoms with van der Waals surface area (Å²) in [7, 11) is 0. The van der Waals surface area contributed by atoms with Gasteiger partial charge in [0.1, 0.15) is 0 Å². The molecule has 3 heterocycles. The van der Waals surface area contributed by atoms with Gasteiger partial charge in [-0.3, -0.25) is 4.79 Å². The minimum absolute atomic E-state index is 0.0731. The van der Waals surface area contributed by atoms with Gasteiger partial charge in [-0.2, -0.15) is 5.10 Å². The summed E-state index contributed by atoms with van der Waals surface area (Å²) in [5.41, 5.74) is 2.47. The van der Waals surface area contributed by atoms with E-state index < -0.39 is 0 Å². The van der Waals surface area contributed by atoms with Crippen LogP contribution in [0.25, 0.3) is 5.82 Å². The van der Waals surface area contributed by atoms with Crippen molar-refractivity contribution in [2.45, 2.75) is 26.7 Å². The van der Waals surface area contributed by atoms with Gasteiger partial charge in [-0.25, -0.2) is 4.68 Å². The molecule has 7 nitrogen and oxygen atoms in total. The molecule has 9 heteroatoms. The van der Waals surface area contributed by atoms with Gasteiger partial charge in [0.25, 0.3) is 0 Å². The van der Waals surface area contributed by atoms with Crippen molar-refractivity contribution in [2.75, 3.05) is 23.3 Å². The van der Waals surface area contributed by atoms with Gasteiger partial charge in [-0.05, 0) is 57.0 Å². The van der Waals surface area contributed by atoms with Gasteiger partial charge in [0.05, 0.1) is 27.3 Å². The fraction of sp³-hybridized carbons (Fsp3) is 0.333. The minimum Gasteiger partial charge on any atom is -0.354 e. The third-order valence-electron chi connectivity index (χ3n) is 5.19. The van der Waals surface area contributed by atoms with E-state index in [-0.39, 0.29) is 11.8 Å². The summed E-state index contributed by atoms with van der Waals surface area (Å²) in [6, 6.07) is 11.0. The zero-order chi connectivity index (χ0) is 21.3. The molecule has 0 spiro atoms. The van der Waals surface area contributed by atoms with Crippen LogP contribution >= 0.6 is 23.2 Å². The number of halogens is 2. The Morgan fingerprint density at radius 2 is 1.90 bits per heavy atom. The lowest BCUT2D eigenvalue weighted by Crippen LogP contribution is -2.41. The topological polar surface area (TPSA) is 75.9 Å². The molecule has 2 aromatic heterocycles. The summed E-state index contributed by atoms with van der Waals surface area (Å²) < 4.78 is 1.77. The molecule has 156 valence electrons. The number of nitrogens with zero attached hydrogens (tertiary/aromatic N) is 5. The molecule has 1 saturated heterocycles. The number of benzene rings is 1. The Bertz CT molecular complexity index is 1070. The van der Waals surface area contributed by atoms with E-state index in [1.165, 1.54) is 0 Å². The van der Waals surface area contributed by atoms with Crippen LogP contribution in [0.5, 0.6) is 0 Å². The molecule has 1 aliphatic heterocycles. The number of anilines is 2. The van der Waals surface area contributed by atoms with Crippen molar-refractivity contribution in [1.82, 2.24) is 20.0 Å². The summed E-state index contributed by atoms with van der Waals surface area (Å²) in [6.45, 7) is 5.32. The number of hydrogen-bond donors (Lipinski definition) is 1. The first-order chi connectivity index (χ1) is 14.4. The second-order valence-corrected chi connectivity index (χ2v) is 8.25. The third kappa shape index (κ3) is 4.27. The summed E-state index contributed by atoms with van der Waals surface area (Å²) >= 11 is 12.2. The van der Waals surface area contributed by atoms with Crippen molar-refractivity contribution in [3.8, 4) is 5.82 Å². The fourth-order valence-corrected chi connectivity index (χ4v) is 4.04. The normalized spacial score (nSPS) is 16.5. The van der Waals surface area contributed by atoms with Crippen LogP contribution < -0.4 is 10.2 Å². The van der Waals surface area contributed by atoms with Gasteiger partial charge in [0.15, 0.2) is 11.6 Å². The summed E-state index contributed by atoms with van der Waals surface area (Å²) in [5, 5.41) is 16.8. The third-order valence-corrected chi connectivity index (χ3v) is 6.01. The number of rotatable bonds is 4. The Labute approximate surface area is 185 Å². The van der Waals surface area contributed by atoms with Gasteiger partial charge in [0, 0.05) is 18.8 Å². The zero-order valence-electron chi connectivity index (χ0n) is 16.8. The van der Waals surface area contributed by atoms with Crippen molar-refractivity contribution >= 4 is 40.6 Å². The number of aromatic nitrogens is 4. The predicted octanol–water partition coefficient (Wildman–Crippen LogP) is 4.44. The largest absolute Gasteiger partial charge is 0.354 e. The van der Waals surface area contributed by atoms with Gasteiger partial charge < -0.3 is 10.2 Å². The van der Waals surface area contributed by atoms with Crippen molar-refractivity contribution in [2.24, 2.45) is 5.92 Å². The van der Waals surface area contributed by atoms with E-state index in [0.29, 0.717) is 28.1 Å². The summed E-state index contributed by atoms with van der Waals surface area (Å²) in [5.74, 6) is 1.17. The molecule has 1 aliphatic rings. The molecular formula is C21H22Cl2N6O. The van der Waals surface area contributed by atoms with Crippen LogP contribution in [0.15, 0.2) is 36.4 Å².